The summed E-state index contributed by atoms with van der Waals surface area (Å²) >= 11 is 0. The first-order chi connectivity index (χ1) is 18.7. The van der Waals surface area contributed by atoms with Crippen LogP contribution in [0.4, 0.5) is 4.79 Å². The van der Waals surface area contributed by atoms with Gasteiger partial charge in [0.15, 0.2) is 5.69 Å². The summed E-state index contributed by atoms with van der Waals surface area (Å²) in [5.41, 5.74) is -2.78. The van der Waals surface area contributed by atoms with E-state index >= 15 is 0 Å². The van der Waals surface area contributed by atoms with Gasteiger partial charge in [0.2, 0.25) is 5.75 Å². The lowest BCUT2D eigenvalue weighted by Gasteiger charge is -2.39. The number of carbonyl (C=O) groups is 2. The van der Waals surface area contributed by atoms with Crippen molar-refractivity contribution in [3.05, 3.63) is 57.8 Å². The molecule has 0 bridgehead atoms. The number of alkyl carbamates (subject to hydrolysis) is 1. The highest BCUT2D eigenvalue weighted by Crippen LogP contribution is 2.32. The monoisotopic (exact) mass is 603 g/mol. The van der Waals surface area contributed by atoms with E-state index in [0.29, 0.717) is 11.8 Å². The van der Waals surface area contributed by atoms with E-state index in [1.807, 2.05) is 0 Å². The lowest BCUT2D eigenvalue weighted by molar-refractivity contribution is -0.0604. The summed E-state index contributed by atoms with van der Waals surface area (Å²) in [4.78, 5) is 44.9. The number of benzene rings is 1. The third-order valence-corrected chi connectivity index (χ3v) is 6.55. The minimum Gasteiger partial charge on any atom is -0.461 e. The fourth-order valence-electron chi connectivity index (χ4n) is 3.71. The summed E-state index contributed by atoms with van der Waals surface area (Å²) in [5.74, 6) is -2.34. The quantitative estimate of drug-likeness (QED) is 0.266. The van der Waals surface area contributed by atoms with Crippen LogP contribution in [0.5, 0.6) is 5.75 Å². The topological polar surface area (TPSA) is 206 Å². The lowest BCUT2D eigenvalue weighted by atomic mass is 9.89. The van der Waals surface area contributed by atoms with Crippen molar-refractivity contribution >= 4 is 32.3 Å². The molecule has 2 N–H and O–H groups in total. The maximum atomic E-state index is 12.9. The standard InChI is InChI=1S/C23H29N3O12S2/c1-4-34-20(28)17-18(38-40(3,32)33)19(27)25-21(24-17)23(11-10-16(36-14-23)13-37-39(2,30)31)26-22(29)35-12-15-8-6-5-7-9-15/h5-9,16H,4,10-14H2,1-3H3,(H,26,29)(H,24,25,27). The molecule has 1 aromatic carbocycles. The van der Waals surface area contributed by atoms with E-state index in [-0.39, 0.29) is 45.1 Å². The van der Waals surface area contributed by atoms with Gasteiger partial charge in [0, 0.05) is 0 Å². The number of carbonyl (C=O) groups excluding carboxylic acids is 2. The summed E-state index contributed by atoms with van der Waals surface area (Å²) in [6.07, 6.45) is 0.0754. The van der Waals surface area contributed by atoms with E-state index in [2.05, 4.69) is 15.3 Å². The second-order valence-corrected chi connectivity index (χ2v) is 12.0. The van der Waals surface area contributed by atoms with Crippen LogP contribution < -0.4 is 15.1 Å². The predicted octanol–water partition coefficient (Wildman–Crippen LogP) is 0.562. The molecular weight excluding hydrogens is 574 g/mol. The first-order valence-corrected chi connectivity index (χ1v) is 15.5. The first kappa shape index (κ1) is 31.0. The highest BCUT2D eigenvalue weighted by Gasteiger charge is 2.43. The molecule has 2 atom stereocenters. The Hall–Kier alpha value is -3.54. The summed E-state index contributed by atoms with van der Waals surface area (Å²) in [5, 5.41) is 2.62. The minimum absolute atomic E-state index is 0.0166. The van der Waals surface area contributed by atoms with Crippen molar-refractivity contribution < 1.29 is 49.0 Å². The Bertz CT molecular complexity index is 1480. The van der Waals surface area contributed by atoms with E-state index in [4.69, 9.17) is 22.6 Å². The number of ether oxygens (including phenoxy) is 3. The Morgan fingerprint density at radius 2 is 1.82 bits per heavy atom. The Balaban J connectivity index is 1.98. The highest BCUT2D eigenvalue weighted by atomic mass is 32.2. The summed E-state index contributed by atoms with van der Waals surface area (Å²) in [7, 11) is -7.99. The maximum absolute atomic E-state index is 12.9. The number of hydrogen-bond donors (Lipinski definition) is 2. The number of nitrogens with one attached hydrogen (secondary N) is 2. The molecule has 1 saturated heterocycles. The second-order valence-electron chi connectivity index (χ2n) is 8.83. The fourth-order valence-corrected chi connectivity index (χ4v) is 4.56. The van der Waals surface area contributed by atoms with Crippen LogP contribution in [0.25, 0.3) is 0 Å². The predicted molar refractivity (Wildman–Crippen MR) is 137 cm³/mol. The number of rotatable bonds is 11. The number of nitrogens with zero attached hydrogens (tertiary/aromatic N) is 1. The second kappa shape index (κ2) is 12.8. The maximum Gasteiger partial charge on any atom is 0.408 e. The lowest BCUT2D eigenvalue weighted by Crippen LogP contribution is -2.55. The van der Waals surface area contributed by atoms with Crippen LogP contribution in [0.1, 0.15) is 41.6 Å². The molecule has 1 aliphatic heterocycles. The molecule has 1 amide bonds. The van der Waals surface area contributed by atoms with Crippen LogP contribution in [-0.4, -0.2) is 77.3 Å². The zero-order chi connectivity index (χ0) is 29.6. The molecule has 3 rings (SSSR count). The van der Waals surface area contributed by atoms with Gasteiger partial charge in [-0.3, -0.25) is 8.98 Å². The molecule has 2 unspecified atom stereocenters. The molecule has 1 aromatic heterocycles. The molecule has 2 aromatic rings. The summed E-state index contributed by atoms with van der Waals surface area (Å²) < 4.78 is 71.7. The van der Waals surface area contributed by atoms with Crippen molar-refractivity contribution in [2.75, 3.05) is 32.3 Å². The van der Waals surface area contributed by atoms with Crippen molar-refractivity contribution in [3.8, 4) is 5.75 Å². The van der Waals surface area contributed by atoms with Gasteiger partial charge in [-0.1, -0.05) is 30.3 Å². The molecule has 17 heteroatoms. The number of amides is 1. The molecule has 40 heavy (non-hydrogen) atoms. The SMILES string of the molecule is CCOC(=O)c1nc(C2(NC(=O)OCc3ccccc3)CCC(COS(C)(=O)=O)OC2)[nH]c(=O)c1OS(C)(=O)=O. The van der Waals surface area contributed by atoms with Gasteiger partial charge in [-0.25, -0.2) is 14.6 Å². The van der Waals surface area contributed by atoms with Crippen molar-refractivity contribution in [3.63, 3.8) is 0 Å². The fraction of sp³-hybridized carbons (Fsp3) is 0.478. The average Bonchev–Trinajstić information content (AvgIpc) is 2.87. The van der Waals surface area contributed by atoms with Crippen molar-refractivity contribution in [1.82, 2.24) is 15.3 Å². The van der Waals surface area contributed by atoms with Gasteiger partial charge in [0.1, 0.15) is 18.0 Å². The number of aromatic amines is 1. The Morgan fingerprint density at radius 1 is 1.12 bits per heavy atom. The van der Waals surface area contributed by atoms with E-state index in [1.54, 1.807) is 30.3 Å². The first-order valence-electron chi connectivity index (χ1n) is 11.9. The van der Waals surface area contributed by atoms with Gasteiger partial charge in [0.05, 0.1) is 38.4 Å². The molecule has 1 fully saturated rings. The van der Waals surface area contributed by atoms with Gasteiger partial charge in [0.25, 0.3) is 15.7 Å². The molecule has 0 radical (unpaired) electrons. The Labute approximate surface area is 230 Å². The van der Waals surface area contributed by atoms with Crippen LogP contribution in [0.3, 0.4) is 0 Å². The molecular formula is C23H29N3O12S2. The van der Waals surface area contributed by atoms with Crippen LogP contribution in [0, 0.1) is 0 Å². The number of hydrogen-bond acceptors (Lipinski definition) is 13. The van der Waals surface area contributed by atoms with E-state index in [0.717, 1.165) is 6.26 Å². The molecule has 220 valence electrons. The molecule has 15 nitrogen and oxygen atoms in total. The van der Waals surface area contributed by atoms with Crippen LogP contribution >= 0.6 is 0 Å². The highest BCUT2D eigenvalue weighted by molar-refractivity contribution is 7.86. The largest absolute Gasteiger partial charge is 0.461 e. The van der Waals surface area contributed by atoms with E-state index in [1.165, 1.54) is 6.92 Å². The van der Waals surface area contributed by atoms with Gasteiger partial charge in [-0.15, -0.1) is 0 Å². The van der Waals surface area contributed by atoms with Crippen molar-refractivity contribution in [2.45, 2.75) is 38.0 Å². The van der Waals surface area contributed by atoms with Gasteiger partial charge in [-0.2, -0.15) is 16.8 Å². The molecule has 0 aliphatic carbocycles. The molecule has 2 heterocycles. The smallest absolute Gasteiger partial charge is 0.408 e. The zero-order valence-corrected chi connectivity index (χ0v) is 23.5. The summed E-state index contributed by atoms with van der Waals surface area (Å²) in [6.45, 7) is 0.618. The Kier molecular flexibility index (Phi) is 9.88. The van der Waals surface area contributed by atoms with Gasteiger partial charge >= 0.3 is 22.2 Å². The van der Waals surface area contributed by atoms with Crippen molar-refractivity contribution in [1.29, 1.82) is 0 Å². The van der Waals surface area contributed by atoms with Crippen LogP contribution in [0.2, 0.25) is 0 Å². The third-order valence-electron chi connectivity index (χ3n) is 5.51. The molecule has 0 spiro atoms. The zero-order valence-electron chi connectivity index (χ0n) is 21.9. The molecule has 0 saturated carbocycles. The molecule has 1 aliphatic rings. The normalized spacial score (nSPS) is 19.4. The van der Waals surface area contributed by atoms with E-state index < -0.39 is 60.9 Å². The Morgan fingerprint density at radius 3 is 2.40 bits per heavy atom. The average molecular weight is 604 g/mol. The van der Waals surface area contributed by atoms with Crippen LogP contribution in [0.15, 0.2) is 35.1 Å². The van der Waals surface area contributed by atoms with Crippen LogP contribution in [-0.2, 0) is 50.8 Å². The van der Waals surface area contributed by atoms with Gasteiger partial charge < -0.3 is 28.7 Å². The minimum atomic E-state index is -4.25. The van der Waals surface area contributed by atoms with Crippen molar-refractivity contribution in [2.24, 2.45) is 0 Å². The van der Waals surface area contributed by atoms with Gasteiger partial charge in [-0.05, 0) is 25.3 Å². The number of H-pyrrole nitrogens is 1. The number of aromatic nitrogens is 2. The van der Waals surface area contributed by atoms with E-state index in [9.17, 15) is 31.2 Å². The third kappa shape index (κ3) is 8.73. The summed E-state index contributed by atoms with van der Waals surface area (Å²) in [6, 6.07) is 8.80. The number of esters is 1.